The Morgan fingerprint density at radius 2 is 2.00 bits per heavy atom. The van der Waals surface area contributed by atoms with Crippen LogP contribution in [0.4, 0.5) is 0 Å². The van der Waals surface area contributed by atoms with Gasteiger partial charge < -0.3 is 9.80 Å². The van der Waals surface area contributed by atoms with Crippen LogP contribution in [0, 0.1) is 5.41 Å². The summed E-state index contributed by atoms with van der Waals surface area (Å²) in [6, 6.07) is 0.498. The summed E-state index contributed by atoms with van der Waals surface area (Å²) in [5, 5.41) is 7.94. The molecule has 88 valence electrons. The van der Waals surface area contributed by atoms with Gasteiger partial charge in [-0.15, -0.1) is 0 Å². The molecule has 3 heteroatoms. The van der Waals surface area contributed by atoms with Gasteiger partial charge in [-0.05, 0) is 32.9 Å². The molecule has 0 aliphatic carbocycles. The van der Waals surface area contributed by atoms with Gasteiger partial charge in [0.15, 0.2) is 0 Å². The van der Waals surface area contributed by atoms with E-state index in [2.05, 4.69) is 30.6 Å². The number of rotatable bonds is 5. The molecular formula is C12H25N3. The summed E-state index contributed by atoms with van der Waals surface area (Å²) in [5.41, 5.74) is 0. The molecule has 0 spiro atoms. The molecule has 1 aliphatic heterocycles. The fourth-order valence-corrected chi connectivity index (χ4v) is 2.29. The van der Waals surface area contributed by atoms with E-state index in [1.807, 2.05) is 0 Å². The number of nitrogens with one attached hydrogen (secondary N) is 1. The minimum absolute atomic E-state index is 0.498. The molecular weight excluding hydrogens is 186 g/mol. The summed E-state index contributed by atoms with van der Waals surface area (Å²) in [5.74, 6) is 0.848. The third kappa shape index (κ3) is 3.49. The first-order chi connectivity index (χ1) is 7.19. The second kappa shape index (κ2) is 6.11. The number of likely N-dealkylation sites (tertiary alicyclic amines) is 1. The largest absolute Gasteiger partial charge is 0.357 e. The maximum absolute atomic E-state index is 7.94. The van der Waals surface area contributed by atoms with E-state index in [1.54, 1.807) is 0 Å². The Labute approximate surface area is 94.0 Å². The van der Waals surface area contributed by atoms with E-state index in [0.717, 1.165) is 38.4 Å². The van der Waals surface area contributed by atoms with Crippen LogP contribution in [-0.2, 0) is 0 Å². The van der Waals surface area contributed by atoms with Crippen LogP contribution in [0.5, 0.6) is 0 Å². The van der Waals surface area contributed by atoms with E-state index in [0.29, 0.717) is 6.04 Å². The van der Waals surface area contributed by atoms with Gasteiger partial charge in [-0.25, -0.2) is 0 Å². The topological polar surface area (TPSA) is 30.3 Å². The Morgan fingerprint density at radius 3 is 2.53 bits per heavy atom. The van der Waals surface area contributed by atoms with Gasteiger partial charge in [0.2, 0.25) is 0 Å². The summed E-state index contributed by atoms with van der Waals surface area (Å²) in [7, 11) is 0. The predicted molar refractivity (Wildman–Crippen MR) is 65.5 cm³/mol. The highest BCUT2D eigenvalue weighted by Crippen LogP contribution is 2.14. The van der Waals surface area contributed by atoms with E-state index in [9.17, 15) is 0 Å². The highest BCUT2D eigenvalue weighted by Gasteiger charge is 2.21. The molecule has 1 heterocycles. The van der Waals surface area contributed by atoms with Gasteiger partial charge in [-0.3, -0.25) is 5.41 Å². The van der Waals surface area contributed by atoms with Crippen molar-refractivity contribution in [3.63, 3.8) is 0 Å². The molecule has 0 amide bonds. The first kappa shape index (κ1) is 12.5. The molecule has 3 nitrogen and oxygen atoms in total. The third-order valence-electron chi connectivity index (χ3n) is 3.36. The second-order valence-corrected chi connectivity index (χ2v) is 4.43. The van der Waals surface area contributed by atoms with E-state index in [4.69, 9.17) is 5.41 Å². The van der Waals surface area contributed by atoms with Crippen molar-refractivity contribution < 1.29 is 0 Å². The first-order valence-corrected chi connectivity index (χ1v) is 6.25. The van der Waals surface area contributed by atoms with Crippen molar-refractivity contribution in [2.24, 2.45) is 0 Å². The van der Waals surface area contributed by atoms with Crippen LogP contribution in [0.2, 0.25) is 0 Å². The molecule has 1 aliphatic rings. The van der Waals surface area contributed by atoms with E-state index in [-0.39, 0.29) is 0 Å². The van der Waals surface area contributed by atoms with Crippen LogP contribution in [-0.4, -0.2) is 47.9 Å². The minimum Gasteiger partial charge on any atom is -0.357 e. The zero-order valence-corrected chi connectivity index (χ0v) is 10.4. The lowest BCUT2D eigenvalue weighted by Crippen LogP contribution is -2.47. The van der Waals surface area contributed by atoms with Crippen molar-refractivity contribution in [3.05, 3.63) is 0 Å². The van der Waals surface area contributed by atoms with Gasteiger partial charge in [0.1, 0.15) is 0 Å². The second-order valence-electron chi connectivity index (χ2n) is 4.43. The average Bonchev–Trinajstić information content (AvgIpc) is 2.26. The fraction of sp³-hybridized carbons (Fsp3) is 0.917. The molecule has 0 aromatic heterocycles. The van der Waals surface area contributed by atoms with Crippen LogP contribution in [0.1, 0.15) is 40.0 Å². The lowest BCUT2D eigenvalue weighted by Gasteiger charge is -2.37. The minimum atomic E-state index is 0.498. The smallest absolute Gasteiger partial charge is 0.0960 e. The third-order valence-corrected chi connectivity index (χ3v) is 3.36. The lowest BCUT2D eigenvalue weighted by molar-refractivity contribution is 0.204. The van der Waals surface area contributed by atoms with Crippen molar-refractivity contribution in [3.8, 4) is 0 Å². The first-order valence-electron chi connectivity index (χ1n) is 6.25. The number of hydrogen-bond acceptors (Lipinski definition) is 2. The molecule has 0 saturated carbocycles. The monoisotopic (exact) mass is 211 g/mol. The van der Waals surface area contributed by atoms with Gasteiger partial charge in [0.05, 0.1) is 5.84 Å². The molecule has 0 aromatic rings. The van der Waals surface area contributed by atoms with Gasteiger partial charge in [0, 0.05) is 25.6 Å². The molecule has 1 unspecified atom stereocenters. The fourth-order valence-electron chi connectivity index (χ4n) is 2.29. The molecule has 0 bridgehead atoms. The molecule has 0 radical (unpaired) electrons. The van der Waals surface area contributed by atoms with Crippen molar-refractivity contribution >= 4 is 5.84 Å². The Morgan fingerprint density at radius 1 is 1.33 bits per heavy atom. The predicted octanol–water partition coefficient (Wildman–Crippen LogP) is 2.18. The number of nitrogens with zero attached hydrogens (tertiary/aromatic N) is 2. The molecule has 1 saturated heterocycles. The summed E-state index contributed by atoms with van der Waals surface area (Å²) in [6.45, 7) is 11.1. The van der Waals surface area contributed by atoms with Gasteiger partial charge in [0.25, 0.3) is 0 Å². The van der Waals surface area contributed by atoms with Gasteiger partial charge in [-0.2, -0.15) is 0 Å². The van der Waals surface area contributed by atoms with Crippen LogP contribution >= 0.6 is 0 Å². The van der Waals surface area contributed by atoms with Crippen molar-refractivity contribution in [1.29, 1.82) is 5.41 Å². The van der Waals surface area contributed by atoms with Gasteiger partial charge in [-0.1, -0.05) is 13.8 Å². The Kier molecular flexibility index (Phi) is 5.09. The standard InChI is InChI=1S/C12H25N3/c1-4-14(5-2)10-11(3)15-9-7-6-8-12(15)13/h11,13H,4-10H2,1-3H3. The quantitative estimate of drug-likeness (QED) is 0.755. The van der Waals surface area contributed by atoms with Crippen molar-refractivity contribution in [2.75, 3.05) is 26.2 Å². The van der Waals surface area contributed by atoms with Crippen molar-refractivity contribution in [1.82, 2.24) is 9.80 Å². The Balaban J connectivity index is 2.43. The van der Waals surface area contributed by atoms with E-state index in [1.165, 1.54) is 12.8 Å². The maximum atomic E-state index is 7.94. The summed E-state index contributed by atoms with van der Waals surface area (Å²) in [4.78, 5) is 4.72. The zero-order chi connectivity index (χ0) is 11.3. The number of amidine groups is 1. The highest BCUT2D eigenvalue weighted by atomic mass is 15.2. The van der Waals surface area contributed by atoms with Gasteiger partial charge >= 0.3 is 0 Å². The van der Waals surface area contributed by atoms with Crippen LogP contribution < -0.4 is 0 Å². The summed E-state index contributed by atoms with van der Waals surface area (Å²) in [6.07, 6.45) is 3.43. The molecule has 1 N–H and O–H groups in total. The van der Waals surface area contributed by atoms with Crippen LogP contribution in [0.3, 0.4) is 0 Å². The van der Waals surface area contributed by atoms with Crippen LogP contribution in [0.25, 0.3) is 0 Å². The SMILES string of the molecule is CCN(CC)CC(C)N1CCCCC1=N. The normalized spacial score (nSPS) is 19.7. The number of hydrogen-bond donors (Lipinski definition) is 1. The lowest BCUT2D eigenvalue weighted by atomic mass is 10.1. The van der Waals surface area contributed by atoms with Crippen LogP contribution in [0.15, 0.2) is 0 Å². The molecule has 1 fully saturated rings. The number of piperidine rings is 1. The van der Waals surface area contributed by atoms with Crippen molar-refractivity contribution in [2.45, 2.75) is 46.1 Å². The Hall–Kier alpha value is -0.570. The molecule has 15 heavy (non-hydrogen) atoms. The Bertz CT molecular complexity index is 199. The van der Waals surface area contributed by atoms with E-state index >= 15 is 0 Å². The molecule has 1 atom stereocenters. The summed E-state index contributed by atoms with van der Waals surface area (Å²) < 4.78 is 0. The summed E-state index contributed by atoms with van der Waals surface area (Å²) >= 11 is 0. The highest BCUT2D eigenvalue weighted by molar-refractivity contribution is 5.80. The van der Waals surface area contributed by atoms with E-state index < -0.39 is 0 Å². The zero-order valence-electron chi connectivity index (χ0n) is 10.4. The molecule has 1 rings (SSSR count). The number of likely N-dealkylation sites (N-methyl/N-ethyl adjacent to an activating group) is 1. The molecule has 0 aromatic carbocycles. The maximum Gasteiger partial charge on any atom is 0.0960 e. The average molecular weight is 211 g/mol.